The van der Waals surface area contributed by atoms with Crippen LogP contribution in [0.5, 0.6) is 23.0 Å². The van der Waals surface area contributed by atoms with Crippen molar-refractivity contribution >= 4 is 64.5 Å². The van der Waals surface area contributed by atoms with Crippen LogP contribution in [0.2, 0.25) is 0 Å². The molecule has 0 aliphatic heterocycles. The highest BCUT2D eigenvalue weighted by atomic mass is 16.5. The number of nitrogens with two attached hydrogens (primary N) is 1. The van der Waals surface area contributed by atoms with E-state index in [2.05, 4.69) is 54.3 Å². The van der Waals surface area contributed by atoms with E-state index in [0.717, 1.165) is 38.5 Å². The van der Waals surface area contributed by atoms with Crippen LogP contribution in [0, 0.1) is 0 Å². The SMILES string of the molecule is CC(=O)NNC(=O)CCCCC(=O)NN.CC(=O)NNC(=O)CCCCC(=O)NNc1c(O)c(=O)c1=O.CCCCOc1c(NNC(=O)CCCCC(=O)NNC(C)=O)c(=O)c1=O.CCCCOc1c(OCCCC)c(=O)c1=O. The van der Waals surface area contributed by atoms with Crippen LogP contribution in [0.1, 0.15) is 157 Å². The van der Waals surface area contributed by atoms with Gasteiger partial charge < -0.3 is 19.3 Å². The molecule has 31 nitrogen and oxygen atoms in total. The Hall–Kier alpha value is -8.77. The van der Waals surface area contributed by atoms with E-state index in [-0.39, 0.29) is 108 Å². The van der Waals surface area contributed by atoms with Gasteiger partial charge in [0.2, 0.25) is 64.7 Å². The summed E-state index contributed by atoms with van der Waals surface area (Å²) in [7, 11) is 0. The molecular weight excluding hydrogens is 1050 g/mol. The lowest BCUT2D eigenvalue weighted by Crippen LogP contribution is -2.41. The number of hydrazine groups is 6. The Morgan fingerprint density at radius 3 is 0.949 bits per heavy atom. The summed E-state index contributed by atoms with van der Waals surface area (Å²) in [5.41, 5.74) is 19.3. The maximum atomic E-state index is 11.7. The minimum absolute atomic E-state index is 0.0471. The van der Waals surface area contributed by atoms with Crippen molar-refractivity contribution in [2.45, 2.75) is 157 Å². The van der Waals surface area contributed by atoms with Crippen LogP contribution < -0.4 is 112 Å². The number of amides is 9. The molecule has 0 unspecified atom stereocenters. The molecule has 0 fully saturated rings. The van der Waals surface area contributed by atoms with Crippen molar-refractivity contribution in [2.75, 3.05) is 30.7 Å². The van der Waals surface area contributed by atoms with Gasteiger partial charge in [0.1, 0.15) is 0 Å². The second-order valence-corrected chi connectivity index (χ2v) is 16.9. The van der Waals surface area contributed by atoms with Crippen molar-refractivity contribution in [3.63, 3.8) is 0 Å². The second kappa shape index (κ2) is 40.5. The Kier molecular flexibility index (Phi) is 36.0. The molecule has 3 aromatic rings. The van der Waals surface area contributed by atoms with Gasteiger partial charge >= 0.3 is 0 Å². The first-order valence-electron chi connectivity index (χ1n) is 25.3. The number of anilines is 2. The molecule has 79 heavy (non-hydrogen) atoms. The number of rotatable bonds is 31. The van der Waals surface area contributed by atoms with Crippen LogP contribution in [-0.4, -0.2) is 78.1 Å². The number of hydrogen-bond donors (Lipinski definition) is 13. The molecular formula is C48H74N12O19. The van der Waals surface area contributed by atoms with Gasteiger partial charge in [0.25, 0.3) is 32.6 Å². The number of hydrogen-bond acceptors (Lipinski definition) is 22. The number of aromatic hydroxyl groups is 1. The standard InChI is InChI=1S/C16H24N4O6.C12H16N4O6.C12H18O4.C8H16N4O3/c1-3-4-9-26-16-13(14(24)15(16)25)20-19-12(23)8-6-5-7-11(22)18-17-10(2)21;1-6(17)13-14-7(18)4-2-3-5-8(19)15-16-9-10(20)12(22)11(9)21;1-3-5-7-15-11-9(13)10(14)12(11)16-8-6-4-2;1-6(13)11-12-8(15)5-3-2-4-7(14)10-9/h20H,3-9H2,1-2H3,(H,17,21)(H,18,22)(H,19,23);16,20H,2-5H2,1H3,(H,13,17)(H,14,18)(H,15,19);3-8H2,1-2H3;2-5,9H2,1H3,(H,10,14)(H,11,13)(H,12,15). The van der Waals surface area contributed by atoms with Crippen LogP contribution >= 0.6 is 0 Å². The number of carbonyl (C=O) groups is 9. The van der Waals surface area contributed by atoms with Gasteiger partial charge in [0.15, 0.2) is 22.9 Å². The van der Waals surface area contributed by atoms with E-state index in [0.29, 0.717) is 64.8 Å². The third-order valence-corrected chi connectivity index (χ3v) is 9.93. The normalized spacial score (nSPS) is 10.1. The smallest absolute Gasteiger partial charge is 0.275 e. The minimum Gasteiger partial charge on any atom is -0.502 e. The Morgan fingerprint density at radius 1 is 0.367 bits per heavy atom. The van der Waals surface area contributed by atoms with E-state index in [1.54, 1.807) is 0 Å². The van der Waals surface area contributed by atoms with Gasteiger partial charge in [-0.3, -0.25) is 132 Å². The third kappa shape index (κ3) is 29.9. The fraction of sp³-hybridized carbons (Fsp3) is 0.562. The van der Waals surface area contributed by atoms with Crippen LogP contribution in [0.15, 0.2) is 28.8 Å². The number of carbonyl (C=O) groups excluding carboxylic acids is 9. The molecule has 0 spiro atoms. The van der Waals surface area contributed by atoms with Crippen molar-refractivity contribution in [3.05, 3.63) is 61.3 Å². The van der Waals surface area contributed by atoms with E-state index in [1.165, 1.54) is 20.8 Å². The fourth-order valence-electron chi connectivity index (χ4n) is 5.52. The molecule has 0 saturated carbocycles. The quantitative estimate of drug-likeness (QED) is 0.0110. The minimum atomic E-state index is -0.998. The molecule has 3 aromatic carbocycles. The van der Waals surface area contributed by atoms with E-state index >= 15 is 0 Å². The summed E-state index contributed by atoms with van der Waals surface area (Å²) in [6.45, 7) is 11.1. The molecule has 0 saturated heterocycles. The van der Waals surface area contributed by atoms with Crippen molar-refractivity contribution in [2.24, 2.45) is 5.84 Å². The zero-order chi connectivity index (χ0) is 59.9. The Labute approximate surface area is 452 Å². The fourth-order valence-corrected chi connectivity index (χ4v) is 5.52. The molecule has 440 valence electrons. The Balaban J connectivity index is 0.00000105. The summed E-state index contributed by atoms with van der Waals surface area (Å²) < 4.78 is 15.7. The first kappa shape index (κ1) is 70.2. The summed E-state index contributed by atoms with van der Waals surface area (Å²) in [6, 6.07) is 0. The number of ether oxygens (including phenoxy) is 3. The molecule has 0 aliphatic rings. The predicted octanol–water partition coefficient (Wildman–Crippen LogP) is -1.86. The average Bonchev–Trinajstić information content (AvgIpc) is 3.46. The maximum absolute atomic E-state index is 11.7. The molecule has 9 amide bonds. The largest absolute Gasteiger partial charge is 0.502 e. The molecule has 0 bridgehead atoms. The highest BCUT2D eigenvalue weighted by Crippen LogP contribution is 2.21. The molecule has 0 aromatic heterocycles. The van der Waals surface area contributed by atoms with Gasteiger partial charge in [-0.1, -0.05) is 40.0 Å². The van der Waals surface area contributed by atoms with Crippen molar-refractivity contribution in [1.82, 2.24) is 48.8 Å². The zero-order valence-corrected chi connectivity index (χ0v) is 45.2. The molecule has 0 atom stereocenters. The highest BCUT2D eigenvalue weighted by molar-refractivity contribution is 5.83. The summed E-state index contributed by atoms with van der Waals surface area (Å²) in [5.74, 6) is 1.14. The van der Waals surface area contributed by atoms with Crippen LogP contribution in [-0.2, 0) is 43.2 Å². The molecule has 31 heteroatoms. The zero-order valence-electron chi connectivity index (χ0n) is 45.2. The van der Waals surface area contributed by atoms with Crippen molar-refractivity contribution in [3.8, 4) is 23.0 Å². The van der Waals surface area contributed by atoms with Gasteiger partial charge in [0, 0.05) is 59.3 Å². The van der Waals surface area contributed by atoms with Gasteiger partial charge in [-0.15, -0.1) is 0 Å². The van der Waals surface area contributed by atoms with Crippen molar-refractivity contribution in [1.29, 1.82) is 0 Å². The lowest BCUT2D eigenvalue weighted by molar-refractivity contribution is -0.128. The summed E-state index contributed by atoms with van der Waals surface area (Å²) in [5, 5.41) is 9.05. The topological polar surface area (TPSA) is 462 Å². The van der Waals surface area contributed by atoms with E-state index in [4.69, 9.17) is 25.2 Å². The first-order valence-corrected chi connectivity index (χ1v) is 25.3. The maximum Gasteiger partial charge on any atom is 0.275 e. The second-order valence-electron chi connectivity index (χ2n) is 16.9. The summed E-state index contributed by atoms with van der Waals surface area (Å²) in [6.07, 6.45) is 9.27. The highest BCUT2D eigenvalue weighted by Gasteiger charge is 2.25. The monoisotopic (exact) mass is 1120 g/mol. The van der Waals surface area contributed by atoms with E-state index in [1.807, 2.05) is 26.2 Å². The lowest BCUT2D eigenvalue weighted by atomic mass is 10.2. The molecule has 0 aliphatic carbocycles. The van der Waals surface area contributed by atoms with Crippen LogP contribution in [0.25, 0.3) is 0 Å². The number of nitrogens with one attached hydrogen (secondary N) is 11. The predicted molar refractivity (Wildman–Crippen MR) is 284 cm³/mol. The lowest BCUT2D eigenvalue weighted by Gasteiger charge is -2.14. The number of unbranched alkanes of at least 4 members (excludes halogenated alkanes) is 6. The summed E-state index contributed by atoms with van der Waals surface area (Å²) in [4.78, 5) is 166. The van der Waals surface area contributed by atoms with Crippen LogP contribution in [0.4, 0.5) is 11.4 Å². The Morgan fingerprint density at radius 2 is 0.646 bits per heavy atom. The van der Waals surface area contributed by atoms with Crippen molar-refractivity contribution < 1.29 is 62.5 Å². The third-order valence-electron chi connectivity index (χ3n) is 9.93. The average molecular weight is 1120 g/mol. The molecule has 0 radical (unpaired) electrons. The molecule has 3 rings (SSSR count). The van der Waals surface area contributed by atoms with Gasteiger partial charge in [-0.05, 0) is 57.8 Å². The first-order chi connectivity index (χ1) is 37.5. The molecule has 14 N–H and O–H groups in total. The van der Waals surface area contributed by atoms with Gasteiger partial charge in [0.05, 0.1) is 19.8 Å². The molecule has 0 heterocycles. The van der Waals surface area contributed by atoms with Gasteiger partial charge in [-0.2, -0.15) is 0 Å². The van der Waals surface area contributed by atoms with Gasteiger partial charge in [-0.25, -0.2) is 5.84 Å². The van der Waals surface area contributed by atoms with E-state index in [9.17, 15) is 71.9 Å². The summed E-state index contributed by atoms with van der Waals surface area (Å²) >= 11 is 0. The van der Waals surface area contributed by atoms with E-state index < -0.39 is 44.2 Å². The van der Waals surface area contributed by atoms with Crippen LogP contribution in [0.3, 0.4) is 0 Å². The Bertz CT molecular complexity index is 2650.